The van der Waals surface area contributed by atoms with Crippen molar-refractivity contribution in [2.75, 3.05) is 39.1 Å². The van der Waals surface area contributed by atoms with Crippen LogP contribution < -0.4 is 14.2 Å². The van der Waals surface area contributed by atoms with Crippen molar-refractivity contribution < 1.29 is 17.9 Å². The molecule has 12 heteroatoms. The third-order valence-corrected chi connectivity index (χ3v) is 8.79. The van der Waals surface area contributed by atoms with E-state index in [0.29, 0.717) is 28.8 Å². The topological polar surface area (TPSA) is 124 Å². The summed E-state index contributed by atoms with van der Waals surface area (Å²) in [7, 11) is 1.27. The number of piperidine rings is 1. The fourth-order valence-electron chi connectivity index (χ4n) is 4.61. The van der Waals surface area contributed by atoms with Gasteiger partial charge in [0.2, 0.25) is 16.0 Å². The number of benzene rings is 1. The van der Waals surface area contributed by atoms with Gasteiger partial charge in [-0.05, 0) is 58.0 Å². The third-order valence-electron chi connectivity index (χ3n) is 6.94. The monoisotopic (exact) mass is 529 g/mol. The molecule has 1 aliphatic heterocycles. The minimum Gasteiger partial charge on any atom is -0.494 e. The van der Waals surface area contributed by atoms with Crippen molar-refractivity contribution in [2.24, 2.45) is 0 Å². The van der Waals surface area contributed by atoms with Gasteiger partial charge in [0.05, 0.1) is 19.5 Å². The zero-order valence-electron chi connectivity index (χ0n) is 22.2. The molecule has 0 bridgehead atoms. The van der Waals surface area contributed by atoms with Crippen molar-refractivity contribution in [1.82, 2.24) is 29.6 Å². The second-order valence-electron chi connectivity index (χ2n) is 9.59. The average Bonchev–Trinajstić information content (AvgIpc) is 3.29. The fraction of sp³-hybridized carbons (Fsp3) is 0.520. The van der Waals surface area contributed by atoms with Crippen LogP contribution in [0.1, 0.15) is 55.7 Å². The minimum absolute atomic E-state index is 0.0522. The van der Waals surface area contributed by atoms with Gasteiger partial charge in [0.15, 0.2) is 0 Å². The van der Waals surface area contributed by atoms with E-state index >= 15 is 0 Å². The lowest BCUT2D eigenvalue weighted by atomic mass is 9.97. The fourth-order valence-corrected chi connectivity index (χ4v) is 5.84. The van der Waals surface area contributed by atoms with Crippen molar-refractivity contribution in [3.05, 3.63) is 47.8 Å². The Balaban J connectivity index is 1.78. The van der Waals surface area contributed by atoms with E-state index in [1.165, 1.54) is 0 Å². The van der Waals surface area contributed by atoms with Crippen molar-refractivity contribution in [3.8, 4) is 17.2 Å². The van der Waals surface area contributed by atoms with Crippen molar-refractivity contribution in [2.45, 2.75) is 50.7 Å². The van der Waals surface area contributed by atoms with Crippen LogP contribution in [0.2, 0.25) is 0 Å². The average molecular weight is 530 g/mol. The Morgan fingerprint density at radius 2 is 1.73 bits per heavy atom. The first-order valence-corrected chi connectivity index (χ1v) is 13.9. The van der Waals surface area contributed by atoms with E-state index < -0.39 is 21.2 Å². The van der Waals surface area contributed by atoms with Crippen LogP contribution in [0.25, 0.3) is 5.69 Å². The van der Waals surface area contributed by atoms with Crippen molar-refractivity contribution >= 4 is 16.0 Å². The first-order chi connectivity index (χ1) is 17.7. The minimum atomic E-state index is -3.91. The summed E-state index contributed by atoms with van der Waals surface area (Å²) in [6.45, 7) is 7.10. The summed E-state index contributed by atoms with van der Waals surface area (Å²) >= 11 is 0. The molecular formula is C25H35N7O4S. The molecule has 0 radical (unpaired) electrons. The molecule has 1 fully saturated rings. The van der Waals surface area contributed by atoms with E-state index in [9.17, 15) is 8.42 Å². The van der Waals surface area contributed by atoms with E-state index in [0.717, 1.165) is 31.5 Å². The van der Waals surface area contributed by atoms with Gasteiger partial charge in [0, 0.05) is 30.8 Å². The quantitative estimate of drug-likeness (QED) is 0.445. The summed E-state index contributed by atoms with van der Waals surface area (Å²) in [6, 6.07) is 5.41. The smallest absolute Gasteiger partial charge is 0.243 e. The number of nitrogens with one attached hydrogen (secondary N) is 1. The maximum absolute atomic E-state index is 13.6. The van der Waals surface area contributed by atoms with E-state index in [1.807, 2.05) is 13.0 Å². The molecule has 3 heterocycles. The van der Waals surface area contributed by atoms with Gasteiger partial charge < -0.3 is 14.4 Å². The van der Waals surface area contributed by atoms with Crippen LogP contribution >= 0.6 is 0 Å². The molecule has 0 spiro atoms. The summed E-state index contributed by atoms with van der Waals surface area (Å²) in [4.78, 5) is 10.9. The van der Waals surface area contributed by atoms with Gasteiger partial charge in [-0.15, -0.1) is 10.2 Å². The molecule has 200 valence electrons. The number of rotatable bonds is 9. The summed E-state index contributed by atoms with van der Waals surface area (Å²) in [5, 5.41) is 7.95. The number of likely N-dealkylation sites (tertiary alicyclic amines) is 1. The molecule has 2 unspecified atom stereocenters. The first-order valence-electron chi connectivity index (χ1n) is 12.3. The zero-order valence-corrected chi connectivity index (χ0v) is 23.0. The molecule has 4 rings (SSSR count). The van der Waals surface area contributed by atoms with Crippen LogP contribution in [0.5, 0.6) is 11.5 Å². The van der Waals surface area contributed by atoms with Crippen LogP contribution in [-0.4, -0.2) is 77.7 Å². The molecule has 37 heavy (non-hydrogen) atoms. The second kappa shape index (κ2) is 11.0. The van der Waals surface area contributed by atoms with Gasteiger partial charge in [0.1, 0.15) is 28.8 Å². The highest BCUT2D eigenvalue weighted by Crippen LogP contribution is 2.38. The summed E-state index contributed by atoms with van der Waals surface area (Å²) in [6.07, 6.45) is 5.28. The number of hydrogen-bond acceptors (Lipinski definition) is 9. The Morgan fingerprint density at radius 1 is 1.08 bits per heavy atom. The molecule has 1 aromatic carbocycles. The number of hydrogen-bond donors (Lipinski definition) is 1. The lowest BCUT2D eigenvalue weighted by Crippen LogP contribution is -2.33. The number of aromatic nitrogens is 5. The molecule has 3 atom stereocenters. The van der Waals surface area contributed by atoms with Crippen LogP contribution in [0.4, 0.5) is 5.95 Å². The highest BCUT2D eigenvalue weighted by Gasteiger charge is 2.34. The summed E-state index contributed by atoms with van der Waals surface area (Å²) in [5.74, 6) is 1.81. The molecule has 2 aromatic heterocycles. The van der Waals surface area contributed by atoms with Gasteiger partial charge in [-0.1, -0.05) is 13.0 Å². The van der Waals surface area contributed by atoms with E-state index in [1.54, 1.807) is 57.2 Å². The number of likely N-dealkylation sites (N-methyl/N-ethyl adjacent to an activating group) is 1. The van der Waals surface area contributed by atoms with Gasteiger partial charge in [-0.3, -0.25) is 9.29 Å². The molecular weight excluding hydrogens is 494 g/mol. The molecule has 1 saturated heterocycles. The van der Waals surface area contributed by atoms with E-state index in [2.05, 4.69) is 36.8 Å². The lowest BCUT2D eigenvalue weighted by Gasteiger charge is -2.29. The molecule has 0 aliphatic carbocycles. The second-order valence-corrected chi connectivity index (χ2v) is 11.6. The predicted molar refractivity (Wildman–Crippen MR) is 141 cm³/mol. The molecule has 1 N–H and O–H groups in total. The van der Waals surface area contributed by atoms with Crippen LogP contribution in [0.3, 0.4) is 0 Å². The van der Waals surface area contributed by atoms with Crippen molar-refractivity contribution in [1.29, 1.82) is 0 Å². The van der Waals surface area contributed by atoms with Gasteiger partial charge >= 0.3 is 0 Å². The van der Waals surface area contributed by atoms with Gasteiger partial charge in [0.25, 0.3) is 0 Å². The van der Waals surface area contributed by atoms with Crippen molar-refractivity contribution in [3.63, 3.8) is 0 Å². The number of anilines is 1. The Hall–Kier alpha value is -3.25. The Morgan fingerprint density at radius 3 is 2.32 bits per heavy atom. The molecule has 0 amide bonds. The number of ether oxygens (including phenoxy) is 2. The number of sulfonamides is 1. The number of aryl methyl sites for hydroxylation is 1. The summed E-state index contributed by atoms with van der Waals surface area (Å²) in [5.41, 5.74) is 1.45. The Labute approximate surface area is 218 Å². The Kier molecular flexibility index (Phi) is 7.98. The largest absolute Gasteiger partial charge is 0.494 e. The number of methoxy groups -OCH3 is 2. The van der Waals surface area contributed by atoms with Gasteiger partial charge in [-0.25, -0.2) is 18.4 Å². The first kappa shape index (κ1) is 26.8. The molecule has 3 aromatic rings. The molecule has 1 aliphatic rings. The SMILES string of the molecule is COc1cccc(OC)c1-n1c(NS(=O)(=O)C(C)C(C)c2ncc(C)cn2)nnc1[C@H]1CCCN(C)C1. The third kappa shape index (κ3) is 5.54. The highest BCUT2D eigenvalue weighted by molar-refractivity contribution is 7.93. The van der Waals surface area contributed by atoms with E-state index in [-0.39, 0.29) is 11.9 Å². The highest BCUT2D eigenvalue weighted by atomic mass is 32.2. The number of para-hydroxylation sites is 1. The Bertz CT molecular complexity index is 1310. The lowest BCUT2D eigenvalue weighted by molar-refractivity contribution is 0.244. The maximum Gasteiger partial charge on any atom is 0.243 e. The molecule has 11 nitrogen and oxygen atoms in total. The predicted octanol–water partition coefficient (Wildman–Crippen LogP) is 3.13. The van der Waals surface area contributed by atoms with Crippen LogP contribution in [-0.2, 0) is 10.0 Å². The maximum atomic E-state index is 13.6. The van der Waals surface area contributed by atoms with Crippen LogP contribution in [0, 0.1) is 6.92 Å². The van der Waals surface area contributed by atoms with Crippen LogP contribution in [0.15, 0.2) is 30.6 Å². The zero-order chi connectivity index (χ0) is 26.7. The standard InChI is InChI=1S/C25H35N7O4S/c1-16-13-26-23(27-14-16)17(2)18(3)37(33,34)30-25-29-28-24(19-9-8-12-31(4)15-19)32(25)22-20(35-5)10-7-11-21(22)36-6/h7,10-11,13-14,17-19H,8-9,12,15H2,1-6H3,(H,29,30)/t17?,18?,19-/m0/s1. The van der Waals surface area contributed by atoms with Gasteiger partial charge in [-0.2, -0.15) is 0 Å². The normalized spacial score (nSPS) is 18.3. The molecule has 0 saturated carbocycles. The summed E-state index contributed by atoms with van der Waals surface area (Å²) < 4.78 is 42.9. The number of nitrogens with zero attached hydrogens (tertiary/aromatic N) is 6. The van der Waals surface area contributed by atoms with E-state index in [4.69, 9.17) is 9.47 Å².